The normalized spacial score (nSPS) is 19.4. The van der Waals surface area contributed by atoms with Gasteiger partial charge in [-0.1, -0.05) is 47.5 Å². The molecule has 1 atom stereocenters. The lowest BCUT2D eigenvalue weighted by Gasteiger charge is -2.29. The fraction of sp³-hybridized carbons (Fsp3) is 0.500. The van der Waals surface area contributed by atoms with Crippen molar-refractivity contribution in [2.45, 2.75) is 63.2 Å². The first-order valence-electron chi connectivity index (χ1n) is 16.4. The number of nitrogens with zero attached hydrogens (tertiary/aromatic N) is 4. The first-order chi connectivity index (χ1) is 21.2. The molecule has 8 heteroatoms. The van der Waals surface area contributed by atoms with Crippen LogP contribution >= 0.6 is 15.9 Å². The van der Waals surface area contributed by atoms with Crippen LogP contribution in [0.5, 0.6) is 0 Å². The second-order valence-electron chi connectivity index (χ2n) is 16.1. The van der Waals surface area contributed by atoms with Crippen molar-refractivity contribution in [3.05, 3.63) is 87.6 Å². The number of hydrogen-bond acceptors (Lipinski definition) is 2. The van der Waals surface area contributed by atoms with E-state index in [4.69, 9.17) is 0 Å². The number of allylic oxidation sites excluding steroid dienone is 6. The topological polar surface area (TPSA) is 43.6 Å². The Labute approximate surface area is 289 Å². The molecule has 0 radical (unpaired) electrons. The molecule has 1 unspecified atom stereocenters. The van der Waals surface area contributed by atoms with Crippen molar-refractivity contribution >= 4 is 44.1 Å². The number of halogens is 1. The molecule has 2 aliphatic rings. The highest BCUT2D eigenvalue weighted by molar-refractivity contribution is 9.11. The maximum Gasteiger partial charge on any atom is 0.209 e. The van der Waals surface area contributed by atoms with E-state index in [1.54, 1.807) is 6.07 Å². The molecule has 0 spiro atoms. The highest BCUT2D eigenvalue weighted by atomic mass is 79.9. The molecule has 2 aliphatic heterocycles. The molecule has 2 aromatic rings. The van der Waals surface area contributed by atoms with Crippen LogP contribution in [-0.2, 0) is 21.9 Å². The van der Waals surface area contributed by atoms with Crippen LogP contribution in [-0.4, -0.2) is 96.5 Å². The molecule has 0 saturated carbocycles. The van der Waals surface area contributed by atoms with E-state index in [0.717, 1.165) is 63.7 Å². The Balaban J connectivity index is 1.69. The Kier molecular flexibility index (Phi) is 10.8. The number of quaternary nitrogens is 2. The lowest BCUT2D eigenvalue weighted by molar-refractivity contribution is -0.871. The number of aryl methyl sites for hydroxylation is 1. The molecule has 0 bridgehead atoms. The van der Waals surface area contributed by atoms with Gasteiger partial charge in [0.15, 0.2) is 23.3 Å². The Hall–Kier alpha value is -2.36. The van der Waals surface area contributed by atoms with Crippen molar-refractivity contribution in [1.29, 1.82) is 0 Å². The zero-order chi connectivity index (χ0) is 34.2. The first-order valence-corrected chi connectivity index (χ1v) is 18.3. The van der Waals surface area contributed by atoms with Crippen molar-refractivity contribution < 1.29 is 22.3 Å². The Morgan fingerprint density at radius 1 is 0.935 bits per heavy atom. The standard InChI is InChI=1S/C38H55BrN4O2S/c1-28-14-18-33-31(26-28)37(2,3)35(40(33)22-12-24-42(6,7)8)20-15-29(39)16-21-36-38(4,5)32-27-30(46(44)45)17-19-34(32)41(36)23-13-25-43(9,10)11/h14-21,26-27H,12-13,22-25H2,1-11H3/q+2/p+1. The van der Waals surface area contributed by atoms with Gasteiger partial charge < -0.3 is 18.4 Å². The molecule has 0 aromatic heterocycles. The van der Waals surface area contributed by atoms with E-state index >= 15 is 0 Å². The lowest BCUT2D eigenvalue weighted by Crippen LogP contribution is -2.37. The van der Waals surface area contributed by atoms with Crippen LogP contribution in [0, 0.1) is 6.92 Å². The summed E-state index contributed by atoms with van der Waals surface area (Å²) < 4.78 is 27.1. The van der Waals surface area contributed by atoms with Crippen molar-refractivity contribution in [1.82, 2.24) is 0 Å². The summed E-state index contributed by atoms with van der Waals surface area (Å²) in [4.78, 5) is 2.96. The van der Waals surface area contributed by atoms with Gasteiger partial charge in [0, 0.05) is 52.0 Å². The van der Waals surface area contributed by atoms with E-state index in [9.17, 15) is 8.76 Å². The third kappa shape index (κ3) is 8.19. The molecule has 2 aromatic carbocycles. The van der Waals surface area contributed by atoms with Gasteiger partial charge in [-0.2, -0.15) is 4.58 Å². The average Bonchev–Trinajstić information content (AvgIpc) is 3.27. The summed E-state index contributed by atoms with van der Waals surface area (Å²) in [5, 5.41) is 0. The monoisotopic (exact) mass is 711 g/mol. The largest absolute Gasteiger partial charge is 0.344 e. The summed E-state index contributed by atoms with van der Waals surface area (Å²) in [7, 11) is 13.4. The van der Waals surface area contributed by atoms with Crippen LogP contribution in [0.3, 0.4) is 0 Å². The maximum absolute atomic E-state index is 12.0. The third-order valence-corrected chi connectivity index (χ3v) is 10.5. The first kappa shape index (κ1) is 36.5. The van der Waals surface area contributed by atoms with Crippen LogP contribution in [0.2, 0.25) is 0 Å². The molecule has 1 N–H and O–H groups in total. The quantitative estimate of drug-likeness (QED) is 0.106. The molecular formula is C38H56BrN4O2S+3. The fourth-order valence-electron chi connectivity index (χ4n) is 6.81. The van der Waals surface area contributed by atoms with Crippen molar-refractivity contribution in [3.8, 4) is 0 Å². The van der Waals surface area contributed by atoms with Gasteiger partial charge in [0.2, 0.25) is 5.69 Å². The van der Waals surface area contributed by atoms with Crippen molar-refractivity contribution in [2.24, 2.45) is 0 Å². The molecule has 46 heavy (non-hydrogen) atoms. The SMILES string of the molecule is Cc1ccc2c(c1)C(C)(C)\C(=C/C=C(Br)/C=C/C1=[N+](CCC[N+](C)(C)C)c3ccc(S(=O)O)cc3C1(C)C)N2CCC[N+](C)(C)C. The van der Waals surface area contributed by atoms with E-state index in [1.165, 1.54) is 28.2 Å². The maximum atomic E-state index is 12.0. The van der Waals surface area contributed by atoms with Crippen molar-refractivity contribution in [3.63, 3.8) is 0 Å². The van der Waals surface area contributed by atoms with Crippen LogP contribution in [0.4, 0.5) is 11.4 Å². The Morgan fingerprint density at radius 3 is 2.22 bits per heavy atom. The number of rotatable bonds is 12. The minimum atomic E-state index is -2.02. The molecule has 2 heterocycles. The molecular weight excluding hydrogens is 656 g/mol. The summed E-state index contributed by atoms with van der Waals surface area (Å²) in [5.41, 5.74) is 8.27. The number of hydrogen-bond donors (Lipinski definition) is 1. The van der Waals surface area contributed by atoms with Gasteiger partial charge >= 0.3 is 0 Å². The minimum absolute atomic E-state index is 0.109. The number of benzene rings is 2. The average molecular weight is 713 g/mol. The van der Waals surface area contributed by atoms with Gasteiger partial charge in [0.05, 0.1) is 72.1 Å². The van der Waals surface area contributed by atoms with Crippen LogP contribution < -0.4 is 4.90 Å². The third-order valence-electron chi connectivity index (χ3n) is 9.33. The summed E-state index contributed by atoms with van der Waals surface area (Å²) in [6, 6.07) is 12.6. The van der Waals surface area contributed by atoms with Crippen molar-refractivity contribution in [2.75, 3.05) is 73.4 Å². The summed E-state index contributed by atoms with van der Waals surface area (Å²) in [5.74, 6) is 0. The predicted molar refractivity (Wildman–Crippen MR) is 199 cm³/mol. The highest BCUT2D eigenvalue weighted by Crippen LogP contribution is 2.48. The summed E-state index contributed by atoms with van der Waals surface area (Å²) >= 11 is 1.86. The van der Waals surface area contributed by atoms with Crippen LogP contribution in [0.1, 0.15) is 57.2 Å². The van der Waals surface area contributed by atoms with Gasteiger partial charge in [0.1, 0.15) is 0 Å². The summed E-state index contributed by atoms with van der Waals surface area (Å²) in [6.45, 7) is 15.3. The molecule has 0 aliphatic carbocycles. The van der Waals surface area contributed by atoms with Crippen LogP contribution in [0.25, 0.3) is 0 Å². The lowest BCUT2D eigenvalue weighted by atomic mass is 9.81. The molecule has 250 valence electrons. The molecule has 4 rings (SSSR count). The van der Waals surface area contributed by atoms with E-state index in [-0.39, 0.29) is 10.8 Å². The van der Waals surface area contributed by atoms with Crippen LogP contribution in [0.15, 0.2) is 75.8 Å². The second kappa shape index (κ2) is 13.6. The van der Waals surface area contributed by atoms with Gasteiger partial charge in [-0.05, 0) is 62.8 Å². The Morgan fingerprint density at radius 2 is 1.59 bits per heavy atom. The van der Waals surface area contributed by atoms with Gasteiger partial charge in [-0.3, -0.25) is 0 Å². The minimum Gasteiger partial charge on any atom is -0.344 e. The molecule has 6 nitrogen and oxygen atoms in total. The summed E-state index contributed by atoms with van der Waals surface area (Å²) in [6.07, 6.45) is 11.0. The van der Waals surface area contributed by atoms with Gasteiger partial charge in [-0.25, -0.2) is 4.21 Å². The smallest absolute Gasteiger partial charge is 0.209 e. The second-order valence-corrected chi connectivity index (χ2v) is 17.9. The zero-order valence-corrected chi connectivity index (χ0v) is 32.3. The zero-order valence-electron chi connectivity index (χ0n) is 29.9. The van der Waals surface area contributed by atoms with Gasteiger partial charge in [0.25, 0.3) is 0 Å². The van der Waals surface area contributed by atoms with Gasteiger partial charge in [-0.15, -0.1) is 0 Å². The predicted octanol–water partition coefficient (Wildman–Crippen LogP) is 7.66. The number of anilines is 1. The number of fused-ring (bicyclic) bond motifs is 2. The van der Waals surface area contributed by atoms with E-state index in [2.05, 4.69) is 145 Å². The van der Waals surface area contributed by atoms with E-state index in [1.807, 2.05) is 12.1 Å². The Bertz CT molecular complexity index is 1620. The fourth-order valence-corrected chi connectivity index (χ4v) is 7.48. The molecule has 0 amide bonds. The van der Waals surface area contributed by atoms with E-state index in [0.29, 0.717) is 4.90 Å². The molecule has 0 saturated heterocycles. The van der Waals surface area contributed by atoms with E-state index < -0.39 is 11.1 Å². The molecule has 0 fully saturated rings. The highest BCUT2D eigenvalue weighted by Gasteiger charge is 2.45.